The minimum Gasteiger partial charge on any atom is -0.381 e. The maximum atomic E-state index is 14.1. The van der Waals surface area contributed by atoms with Gasteiger partial charge in [0.05, 0.1) is 22.6 Å². The first kappa shape index (κ1) is 24.7. The normalized spacial score (nSPS) is 12.6. The van der Waals surface area contributed by atoms with Crippen molar-refractivity contribution in [3.63, 3.8) is 0 Å². The van der Waals surface area contributed by atoms with Crippen molar-refractivity contribution in [2.24, 2.45) is 0 Å². The van der Waals surface area contributed by atoms with Gasteiger partial charge in [-0.2, -0.15) is 0 Å². The van der Waals surface area contributed by atoms with Crippen molar-refractivity contribution < 1.29 is 4.79 Å². The Hall–Kier alpha value is -5.62. The summed E-state index contributed by atoms with van der Waals surface area (Å²) in [6.07, 6.45) is 3.62. The quantitative estimate of drug-likeness (QED) is 0.305. The summed E-state index contributed by atoms with van der Waals surface area (Å²) in [5.41, 5.74) is 8.58. The van der Waals surface area contributed by atoms with Crippen molar-refractivity contribution in [3.8, 4) is 17.5 Å². The lowest BCUT2D eigenvalue weighted by Gasteiger charge is -2.20. The second kappa shape index (κ2) is 10.3. The first-order valence-electron chi connectivity index (χ1n) is 12.8. The number of nitrogens with one attached hydrogen (secondary N) is 2. The lowest BCUT2D eigenvalue weighted by molar-refractivity contribution is 0.0939. The number of aromatic nitrogens is 4. The fourth-order valence-corrected chi connectivity index (χ4v) is 4.72. The Morgan fingerprint density at radius 2 is 1.77 bits per heavy atom. The molecule has 3 heterocycles. The molecule has 0 saturated carbocycles. The Morgan fingerprint density at radius 3 is 2.55 bits per heavy atom. The van der Waals surface area contributed by atoms with E-state index in [1.54, 1.807) is 19.2 Å². The third-order valence-electron chi connectivity index (χ3n) is 6.59. The van der Waals surface area contributed by atoms with E-state index in [2.05, 4.69) is 27.6 Å². The van der Waals surface area contributed by atoms with Crippen LogP contribution in [0.1, 0.15) is 40.3 Å². The summed E-state index contributed by atoms with van der Waals surface area (Å²) in [6.45, 7) is 2.33. The van der Waals surface area contributed by atoms with Gasteiger partial charge in [-0.15, -0.1) is 5.10 Å². The highest BCUT2D eigenvalue weighted by molar-refractivity contribution is 6.04. The fraction of sp³-hybridized carbons (Fsp3) is 0.0968. The van der Waals surface area contributed by atoms with Crippen LogP contribution < -0.4 is 21.9 Å². The number of nitrogen functional groups attached to an aromatic ring is 1. The number of carbonyl (C=O) groups excluding carboxylic acids is 1. The number of hydrogen-bond acceptors (Lipinski definition) is 6. The molecule has 40 heavy (non-hydrogen) atoms. The summed E-state index contributed by atoms with van der Waals surface area (Å²) in [5.74, 6) is 6.85. The summed E-state index contributed by atoms with van der Waals surface area (Å²) in [7, 11) is 0. The third kappa shape index (κ3) is 4.48. The highest BCUT2D eigenvalue weighted by Gasteiger charge is 2.26. The van der Waals surface area contributed by atoms with Crippen LogP contribution in [0.3, 0.4) is 0 Å². The molecule has 1 aliphatic heterocycles. The maximum Gasteiger partial charge on any atom is 0.267 e. The van der Waals surface area contributed by atoms with Crippen LogP contribution in [0.15, 0.2) is 89.7 Å². The van der Waals surface area contributed by atoms with Gasteiger partial charge in [-0.25, -0.2) is 9.67 Å². The number of hydrogen-bond donors (Lipinski definition) is 3. The molecule has 6 rings (SSSR count). The summed E-state index contributed by atoms with van der Waals surface area (Å²) >= 11 is 0. The van der Waals surface area contributed by atoms with Gasteiger partial charge in [0.1, 0.15) is 17.2 Å². The largest absolute Gasteiger partial charge is 0.381 e. The second-order valence-corrected chi connectivity index (χ2v) is 9.28. The SMILES string of the molecule is CC(NC(=O)c1c(N)nn2c1NCC=C2)c1nc2cccc(C#Cc3ccccc3)c2c(=O)n1-c1ccccc1. The van der Waals surface area contributed by atoms with E-state index in [0.29, 0.717) is 40.3 Å². The van der Waals surface area contributed by atoms with Crippen LogP contribution in [0.2, 0.25) is 0 Å². The van der Waals surface area contributed by atoms with Crippen LogP contribution >= 0.6 is 0 Å². The minimum absolute atomic E-state index is 0.104. The number of anilines is 2. The summed E-state index contributed by atoms with van der Waals surface area (Å²) < 4.78 is 3.06. The van der Waals surface area contributed by atoms with Gasteiger partial charge in [0.15, 0.2) is 5.82 Å². The molecule has 0 saturated heterocycles. The molecule has 1 unspecified atom stereocenters. The predicted molar refractivity (Wildman–Crippen MR) is 156 cm³/mol. The third-order valence-corrected chi connectivity index (χ3v) is 6.59. The zero-order valence-electron chi connectivity index (χ0n) is 21.6. The standard InChI is InChI=1S/C31H25N7O2/c1-20(34-30(39)26-27(32)36-37-19-9-18-33-29(26)37)28-35-24-15-8-12-22(17-16-21-10-4-2-5-11-21)25(24)31(40)38(28)23-13-6-3-7-14-23/h2-15,19-20,33H,18H2,1H3,(H2,32,36)(H,34,39). The molecule has 0 spiro atoms. The molecule has 9 heteroatoms. The number of nitrogens with zero attached hydrogens (tertiary/aromatic N) is 4. The molecule has 1 atom stereocenters. The molecule has 5 aromatic rings. The van der Waals surface area contributed by atoms with E-state index in [0.717, 1.165) is 5.56 Å². The lowest BCUT2D eigenvalue weighted by Crippen LogP contribution is -2.34. The Labute approximate surface area is 230 Å². The molecule has 9 nitrogen and oxygen atoms in total. The molecule has 0 radical (unpaired) electrons. The van der Waals surface area contributed by atoms with E-state index in [1.165, 1.54) is 9.25 Å². The van der Waals surface area contributed by atoms with E-state index in [1.807, 2.05) is 78.9 Å². The molecule has 1 amide bonds. The molecular weight excluding hydrogens is 502 g/mol. The van der Waals surface area contributed by atoms with Crippen LogP contribution in [0.5, 0.6) is 0 Å². The average Bonchev–Trinajstić information content (AvgIpc) is 3.32. The van der Waals surface area contributed by atoms with Gasteiger partial charge in [-0.05, 0) is 49.4 Å². The number of carbonyl (C=O) groups is 1. The van der Waals surface area contributed by atoms with E-state index < -0.39 is 11.9 Å². The van der Waals surface area contributed by atoms with Gasteiger partial charge in [-0.1, -0.05) is 54.3 Å². The van der Waals surface area contributed by atoms with Gasteiger partial charge in [-0.3, -0.25) is 14.2 Å². The molecule has 2 aromatic heterocycles. The molecular formula is C31H25N7O2. The zero-order chi connectivity index (χ0) is 27.6. The highest BCUT2D eigenvalue weighted by atomic mass is 16.2. The monoisotopic (exact) mass is 527 g/mol. The van der Waals surface area contributed by atoms with Crippen LogP contribution in [0.25, 0.3) is 22.8 Å². The van der Waals surface area contributed by atoms with Gasteiger partial charge in [0.2, 0.25) is 0 Å². The zero-order valence-corrected chi connectivity index (χ0v) is 21.6. The summed E-state index contributed by atoms with van der Waals surface area (Å²) in [4.78, 5) is 32.4. The smallest absolute Gasteiger partial charge is 0.267 e. The van der Waals surface area contributed by atoms with Crippen molar-refractivity contribution in [1.29, 1.82) is 0 Å². The molecule has 0 fully saturated rings. The van der Waals surface area contributed by atoms with Crippen molar-refractivity contribution in [3.05, 3.63) is 118 Å². The number of rotatable bonds is 4. The van der Waals surface area contributed by atoms with E-state index in [9.17, 15) is 9.59 Å². The maximum absolute atomic E-state index is 14.1. The first-order valence-corrected chi connectivity index (χ1v) is 12.8. The fourth-order valence-electron chi connectivity index (χ4n) is 4.72. The molecule has 0 aliphatic carbocycles. The Morgan fingerprint density at radius 1 is 1.02 bits per heavy atom. The Balaban J connectivity index is 1.46. The number of fused-ring (bicyclic) bond motifs is 2. The van der Waals surface area contributed by atoms with E-state index >= 15 is 0 Å². The van der Waals surface area contributed by atoms with Gasteiger partial charge >= 0.3 is 0 Å². The van der Waals surface area contributed by atoms with Gasteiger partial charge in [0.25, 0.3) is 11.5 Å². The van der Waals surface area contributed by atoms with Gasteiger partial charge < -0.3 is 16.4 Å². The number of amides is 1. The van der Waals surface area contributed by atoms with Crippen LogP contribution in [-0.4, -0.2) is 31.8 Å². The summed E-state index contributed by atoms with van der Waals surface area (Å²) in [6, 6.07) is 23.6. The van der Waals surface area contributed by atoms with Crippen molar-refractivity contribution >= 4 is 34.6 Å². The van der Waals surface area contributed by atoms with E-state index in [-0.39, 0.29) is 16.9 Å². The van der Waals surface area contributed by atoms with Crippen molar-refractivity contribution in [2.45, 2.75) is 13.0 Å². The molecule has 0 bridgehead atoms. The van der Waals surface area contributed by atoms with Gasteiger partial charge in [0, 0.05) is 23.9 Å². The van der Waals surface area contributed by atoms with Crippen LogP contribution in [0, 0.1) is 11.8 Å². The molecule has 3 aromatic carbocycles. The lowest BCUT2D eigenvalue weighted by atomic mass is 10.1. The van der Waals surface area contributed by atoms with E-state index in [4.69, 9.17) is 10.7 Å². The molecule has 1 aliphatic rings. The predicted octanol–water partition coefficient (Wildman–Crippen LogP) is 3.95. The number of nitrogens with two attached hydrogens (primary N) is 1. The summed E-state index contributed by atoms with van der Waals surface area (Å²) in [5, 5.41) is 10.7. The number of para-hydroxylation sites is 1. The molecule has 196 valence electrons. The van der Waals surface area contributed by atoms with Crippen LogP contribution in [-0.2, 0) is 0 Å². The molecule has 4 N–H and O–H groups in total. The topological polar surface area (TPSA) is 120 Å². The number of benzene rings is 3. The second-order valence-electron chi connectivity index (χ2n) is 9.28. The van der Waals surface area contributed by atoms with Crippen molar-refractivity contribution in [1.82, 2.24) is 24.6 Å². The average molecular weight is 528 g/mol. The Bertz CT molecular complexity index is 1900. The first-order chi connectivity index (χ1) is 19.5. The highest BCUT2D eigenvalue weighted by Crippen LogP contribution is 2.26. The van der Waals surface area contributed by atoms with Crippen molar-refractivity contribution in [2.75, 3.05) is 17.6 Å². The Kier molecular flexibility index (Phi) is 6.34. The van der Waals surface area contributed by atoms with Crippen LogP contribution in [0.4, 0.5) is 11.6 Å². The minimum atomic E-state index is -0.655.